The van der Waals surface area contributed by atoms with Crippen molar-refractivity contribution in [1.29, 1.82) is 0 Å². The molecule has 1 atom stereocenters. The van der Waals surface area contributed by atoms with Crippen molar-refractivity contribution >= 4 is 17.4 Å². The summed E-state index contributed by atoms with van der Waals surface area (Å²) < 4.78 is 0. The van der Waals surface area contributed by atoms with Gasteiger partial charge in [-0.05, 0) is 43.7 Å². The first-order valence-corrected chi connectivity index (χ1v) is 6.95. The first kappa shape index (κ1) is 12.3. The van der Waals surface area contributed by atoms with Crippen LogP contribution in [0, 0.1) is 0 Å². The van der Waals surface area contributed by atoms with Crippen LogP contribution in [-0.2, 0) is 0 Å². The lowest BCUT2D eigenvalue weighted by atomic mass is 10.2. The average Bonchev–Trinajstić information content (AvgIpc) is 3.08. The molecule has 19 heavy (non-hydrogen) atoms. The minimum Gasteiger partial charge on any atom is -0.383 e. The van der Waals surface area contributed by atoms with Crippen LogP contribution in [-0.4, -0.2) is 38.3 Å². The van der Waals surface area contributed by atoms with E-state index in [0.717, 1.165) is 37.6 Å². The minimum atomic E-state index is -0.00383. The molecule has 1 unspecified atom stereocenters. The molecule has 0 aliphatic carbocycles. The summed E-state index contributed by atoms with van der Waals surface area (Å²) in [6.45, 7) is 3.57. The van der Waals surface area contributed by atoms with Gasteiger partial charge in [-0.2, -0.15) is 0 Å². The Bertz CT molecular complexity index is 439. The highest BCUT2D eigenvalue weighted by molar-refractivity contribution is 5.94. The number of hydrogen-bond acceptors (Lipinski definition) is 3. The topological polar surface area (TPSA) is 56.4 Å². The van der Waals surface area contributed by atoms with Crippen molar-refractivity contribution in [3.63, 3.8) is 0 Å². The molecule has 2 saturated heterocycles. The standard InChI is InChI=1S/C14H20N4O/c19-14-16-8-9-18(14)13-5-3-11(4-6-13)17-10-12-2-1-7-15-12/h3-6,12,15,17H,1-2,7-10H2,(H,16,19). The third kappa shape index (κ3) is 2.81. The van der Waals surface area contributed by atoms with Crippen LogP contribution in [0.3, 0.4) is 0 Å². The van der Waals surface area contributed by atoms with Gasteiger partial charge in [0.1, 0.15) is 0 Å². The van der Waals surface area contributed by atoms with Crippen LogP contribution in [0.5, 0.6) is 0 Å². The average molecular weight is 260 g/mol. The molecule has 0 spiro atoms. The Morgan fingerprint density at radius 1 is 1.26 bits per heavy atom. The van der Waals surface area contributed by atoms with Gasteiger partial charge in [-0.25, -0.2) is 4.79 Å². The molecule has 102 valence electrons. The Morgan fingerprint density at radius 3 is 2.74 bits per heavy atom. The Kier molecular flexibility index (Phi) is 3.55. The highest BCUT2D eigenvalue weighted by atomic mass is 16.2. The number of nitrogens with one attached hydrogen (secondary N) is 3. The zero-order valence-electron chi connectivity index (χ0n) is 11.0. The van der Waals surface area contributed by atoms with Gasteiger partial charge >= 0.3 is 6.03 Å². The third-order valence-corrected chi connectivity index (χ3v) is 3.75. The van der Waals surface area contributed by atoms with Gasteiger partial charge in [-0.1, -0.05) is 0 Å². The van der Waals surface area contributed by atoms with E-state index in [1.165, 1.54) is 12.8 Å². The smallest absolute Gasteiger partial charge is 0.321 e. The largest absolute Gasteiger partial charge is 0.383 e. The molecule has 3 rings (SSSR count). The second kappa shape index (κ2) is 5.48. The van der Waals surface area contributed by atoms with E-state index in [9.17, 15) is 4.79 Å². The van der Waals surface area contributed by atoms with Crippen molar-refractivity contribution in [3.8, 4) is 0 Å². The molecule has 3 N–H and O–H groups in total. The zero-order chi connectivity index (χ0) is 13.1. The number of benzene rings is 1. The van der Waals surface area contributed by atoms with E-state index in [1.807, 2.05) is 24.3 Å². The fourth-order valence-electron chi connectivity index (χ4n) is 2.65. The summed E-state index contributed by atoms with van der Waals surface area (Å²) in [6, 6.07) is 8.65. The van der Waals surface area contributed by atoms with Crippen LogP contribution in [0.2, 0.25) is 0 Å². The SMILES string of the molecule is O=C1NCCN1c1ccc(NCC2CCCN2)cc1. The molecule has 0 saturated carbocycles. The fourth-order valence-corrected chi connectivity index (χ4v) is 2.65. The molecular formula is C14H20N4O. The third-order valence-electron chi connectivity index (χ3n) is 3.75. The maximum Gasteiger partial charge on any atom is 0.321 e. The predicted octanol–water partition coefficient (Wildman–Crippen LogP) is 1.38. The molecule has 2 aliphatic rings. The summed E-state index contributed by atoms with van der Waals surface area (Å²) in [4.78, 5) is 13.3. The fraction of sp³-hybridized carbons (Fsp3) is 0.500. The van der Waals surface area contributed by atoms with Crippen molar-refractivity contribution in [2.45, 2.75) is 18.9 Å². The Balaban J connectivity index is 1.57. The van der Waals surface area contributed by atoms with Crippen molar-refractivity contribution in [2.24, 2.45) is 0 Å². The van der Waals surface area contributed by atoms with E-state index < -0.39 is 0 Å². The van der Waals surface area contributed by atoms with Crippen LogP contribution in [0.25, 0.3) is 0 Å². The van der Waals surface area contributed by atoms with Crippen molar-refractivity contribution in [1.82, 2.24) is 10.6 Å². The molecule has 2 heterocycles. The van der Waals surface area contributed by atoms with Gasteiger partial charge in [0.05, 0.1) is 0 Å². The van der Waals surface area contributed by atoms with Gasteiger partial charge in [-0.15, -0.1) is 0 Å². The van der Waals surface area contributed by atoms with Crippen molar-refractivity contribution in [3.05, 3.63) is 24.3 Å². The maximum atomic E-state index is 11.6. The molecule has 1 aromatic carbocycles. The molecule has 2 aliphatic heterocycles. The molecular weight excluding hydrogens is 240 g/mol. The Hall–Kier alpha value is -1.75. The summed E-state index contributed by atoms with van der Waals surface area (Å²) >= 11 is 0. The van der Waals surface area contributed by atoms with E-state index in [2.05, 4.69) is 16.0 Å². The lowest BCUT2D eigenvalue weighted by Crippen LogP contribution is -2.29. The van der Waals surface area contributed by atoms with Crippen LogP contribution in [0.4, 0.5) is 16.2 Å². The van der Waals surface area contributed by atoms with E-state index in [-0.39, 0.29) is 6.03 Å². The van der Waals surface area contributed by atoms with Gasteiger partial charge in [0.25, 0.3) is 0 Å². The van der Waals surface area contributed by atoms with Gasteiger partial charge in [0, 0.05) is 37.1 Å². The lowest BCUT2D eigenvalue weighted by molar-refractivity contribution is 0.252. The number of carbonyl (C=O) groups excluding carboxylic acids is 1. The van der Waals surface area contributed by atoms with Crippen LogP contribution in [0.15, 0.2) is 24.3 Å². The van der Waals surface area contributed by atoms with Crippen molar-refractivity contribution in [2.75, 3.05) is 36.4 Å². The van der Waals surface area contributed by atoms with E-state index in [4.69, 9.17) is 0 Å². The van der Waals surface area contributed by atoms with E-state index in [1.54, 1.807) is 4.90 Å². The Labute approximate surface area is 113 Å². The predicted molar refractivity (Wildman–Crippen MR) is 76.7 cm³/mol. The molecule has 0 radical (unpaired) electrons. The van der Waals surface area contributed by atoms with E-state index >= 15 is 0 Å². The summed E-state index contributed by atoms with van der Waals surface area (Å²) in [5, 5.41) is 9.71. The molecule has 2 fully saturated rings. The summed E-state index contributed by atoms with van der Waals surface area (Å²) in [6.07, 6.45) is 2.52. The summed E-state index contributed by atoms with van der Waals surface area (Å²) in [5.74, 6) is 0. The van der Waals surface area contributed by atoms with Crippen molar-refractivity contribution < 1.29 is 4.79 Å². The maximum absolute atomic E-state index is 11.6. The number of hydrogen-bond donors (Lipinski definition) is 3. The minimum absolute atomic E-state index is 0.00383. The second-order valence-electron chi connectivity index (χ2n) is 5.10. The van der Waals surface area contributed by atoms with Gasteiger partial charge in [0.15, 0.2) is 0 Å². The van der Waals surface area contributed by atoms with Crippen LogP contribution < -0.4 is 20.9 Å². The summed E-state index contributed by atoms with van der Waals surface area (Å²) in [7, 11) is 0. The monoisotopic (exact) mass is 260 g/mol. The number of rotatable bonds is 4. The molecule has 0 bridgehead atoms. The Morgan fingerprint density at radius 2 is 2.11 bits per heavy atom. The highest BCUT2D eigenvalue weighted by Gasteiger charge is 2.20. The van der Waals surface area contributed by atoms with E-state index in [0.29, 0.717) is 6.04 Å². The highest BCUT2D eigenvalue weighted by Crippen LogP contribution is 2.19. The van der Waals surface area contributed by atoms with Gasteiger partial charge in [-0.3, -0.25) is 4.90 Å². The normalized spacial score (nSPS) is 22.6. The molecule has 1 aromatic rings. The zero-order valence-corrected chi connectivity index (χ0v) is 11.0. The molecule has 0 aromatic heterocycles. The number of nitrogens with zero attached hydrogens (tertiary/aromatic N) is 1. The molecule has 2 amide bonds. The quantitative estimate of drug-likeness (QED) is 0.766. The summed E-state index contributed by atoms with van der Waals surface area (Å²) in [5.41, 5.74) is 2.07. The first-order chi connectivity index (χ1) is 9.33. The van der Waals surface area contributed by atoms with Gasteiger partial charge in [0.2, 0.25) is 0 Å². The number of urea groups is 1. The van der Waals surface area contributed by atoms with Crippen LogP contribution >= 0.6 is 0 Å². The lowest BCUT2D eigenvalue weighted by Gasteiger charge is -2.16. The van der Waals surface area contributed by atoms with Gasteiger partial charge < -0.3 is 16.0 Å². The molecule has 5 nitrogen and oxygen atoms in total. The molecule has 5 heteroatoms. The first-order valence-electron chi connectivity index (χ1n) is 6.95. The van der Waals surface area contributed by atoms with Crippen LogP contribution in [0.1, 0.15) is 12.8 Å². The number of amides is 2. The number of carbonyl (C=O) groups is 1. The number of anilines is 2. The second-order valence-corrected chi connectivity index (χ2v) is 5.10.